The normalized spacial score (nSPS) is 20.4. The number of nitrogens with zero attached hydrogens (tertiary/aromatic N) is 2. The van der Waals surface area contributed by atoms with Crippen LogP contribution in [0.5, 0.6) is 0 Å². The molecule has 8 heteroatoms. The molecule has 1 fully saturated rings. The number of halogens is 1. The van der Waals surface area contributed by atoms with Crippen LogP contribution in [0.15, 0.2) is 29.5 Å². The second-order valence-corrected chi connectivity index (χ2v) is 7.66. The van der Waals surface area contributed by atoms with Gasteiger partial charge in [-0.25, -0.2) is 0 Å². The summed E-state index contributed by atoms with van der Waals surface area (Å²) in [6.45, 7) is 8.38. The molecule has 0 saturated carbocycles. The number of anilines is 1. The molecule has 0 aromatic carbocycles. The molecule has 1 aromatic rings. The zero-order valence-electron chi connectivity index (χ0n) is 16.6. The van der Waals surface area contributed by atoms with E-state index in [0.29, 0.717) is 17.6 Å². The molecule has 2 rings (SSSR count). The maximum absolute atomic E-state index is 12.0. The Bertz CT molecular complexity index is 604. The minimum absolute atomic E-state index is 0. The van der Waals surface area contributed by atoms with Crippen LogP contribution in [0.3, 0.4) is 0 Å². The predicted octanol–water partition coefficient (Wildman–Crippen LogP) is 2.64. The molecule has 27 heavy (non-hydrogen) atoms. The van der Waals surface area contributed by atoms with Crippen molar-refractivity contribution >= 4 is 41.5 Å². The molecule has 1 aliphatic heterocycles. The van der Waals surface area contributed by atoms with Crippen molar-refractivity contribution < 1.29 is 9.53 Å². The van der Waals surface area contributed by atoms with E-state index in [0.717, 1.165) is 26.0 Å². The van der Waals surface area contributed by atoms with Crippen LogP contribution in [0.25, 0.3) is 0 Å². The lowest BCUT2D eigenvalue weighted by Crippen LogP contribution is -2.48. The van der Waals surface area contributed by atoms with Crippen LogP contribution in [0.1, 0.15) is 33.6 Å². The lowest BCUT2D eigenvalue weighted by Gasteiger charge is -2.40. The number of guanidine groups is 1. The van der Waals surface area contributed by atoms with E-state index in [1.54, 1.807) is 31.6 Å². The highest BCUT2D eigenvalue weighted by Gasteiger charge is 2.35. The molecule has 2 atom stereocenters. The Labute approximate surface area is 179 Å². The van der Waals surface area contributed by atoms with Crippen LogP contribution in [0.4, 0.5) is 5.69 Å². The summed E-state index contributed by atoms with van der Waals surface area (Å²) in [6.07, 6.45) is 5.71. The van der Waals surface area contributed by atoms with Gasteiger partial charge in [-0.05, 0) is 30.4 Å². The number of aromatic nitrogens is 1. The van der Waals surface area contributed by atoms with Gasteiger partial charge in [0.25, 0.3) is 0 Å². The summed E-state index contributed by atoms with van der Waals surface area (Å²) in [4.78, 5) is 20.2. The molecule has 0 bridgehead atoms. The van der Waals surface area contributed by atoms with Crippen LogP contribution in [0.2, 0.25) is 0 Å². The molecule has 2 unspecified atom stereocenters. The highest BCUT2D eigenvalue weighted by Crippen LogP contribution is 2.33. The third kappa shape index (κ3) is 8.00. The van der Waals surface area contributed by atoms with E-state index < -0.39 is 0 Å². The van der Waals surface area contributed by atoms with Gasteiger partial charge in [0.15, 0.2) is 5.96 Å². The first-order chi connectivity index (χ1) is 12.4. The number of pyridine rings is 1. The number of ether oxygens (including phenoxy) is 1. The fourth-order valence-corrected chi connectivity index (χ4v) is 3.26. The summed E-state index contributed by atoms with van der Waals surface area (Å²) >= 11 is 0. The quantitative estimate of drug-likeness (QED) is 0.337. The van der Waals surface area contributed by atoms with Crippen molar-refractivity contribution in [2.75, 3.05) is 32.1 Å². The first-order valence-electron chi connectivity index (χ1n) is 9.16. The molecular weight excluding hydrogens is 457 g/mol. The number of rotatable bonds is 5. The largest absolute Gasteiger partial charge is 0.377 e. The Balaban J connectivity index is 0.00000364. The lowest BCUT2D eigenvalue weighted by molar-refractivity contribution is -0.115. The first kappa shape index (κ1) is 23.6. The minimum atomic E-state index is -0.144. The van der Waals surface area contributed by atoms with E-state index in [1.165, 1.54) is 0 Å². The van der Waals surface area contributed by atoms with E-state index in [4.69, 9.17) is 4.74 Å². The SMILES string of the molecule is CN=C(NCC(=O)Nc1cccnc1)NCC1CCCOC1C(C)(C)C.I. The van der Waals surface area contributed by atoms with Gasteiger partial charge in [-0.2, -0.15) is 0 Å². The Hall–Kier alpha value is -1.42. The number of aliphatic imine (C=N–C) groups is 1. The Morgan fingerprint density at radius 2 is 2.15 bits per heavy atom. The number of hydrogen-bond donors (Lipinski definition) is 3. The summed E-state index contributed by atoms with van der Waals surface area (Å²) in [5, 5.41) is 9.16. The van der Waals surface area contributed by atoms with Gasteiger partial charge in [-0.1, -0.05) is 20.8 Å². The summed E-state index contributed by atoms with van der Waals surface area (Å²) in [5.74, 6) is 0.894. The van der Waals surface area contributed by atoms with Gasteiger partial charge < -0.3 is 20.7 Å². The van der Waals surface area contributed by atoms with Crippen LogP contribution in [-0.4, -0.2) is 49.7 Å². The molecule has 1 saturated heterocycles. The second kappa shape index (κ2) is 11.4. The average Bonchev–Trinajstić information content (AvgIpc) is 2.62. The Morgan fingerprint density at radius 1 is 1.37 bits per heavy atom. The van der Waals surface area contributed by atoms with Crippen molar-refractivity contribution in [2.45, 2.75) is 39.7 Å². The third-order valence-corrected chi connectivity index (χ3v) is 4.42. The van der Waals surface area contributed by atoms with Gasteiger partial charge in [0, 0.05) is 32.3 Å². The molecule has 0 spiro atoms. The van der Waals surface area contributed by atoms with Crippen molar-refractivity contribution in [1.82, 2.24) is 15.6 Å². The molecule has 1 aliphatic rings. The van der Waals surface area contributed by atoms with E-state index in [9.17, 15) is 4.79 Å². The third-order valence-electron chi connectivity index (χ3n) is 4.42. The summed E-state index contributed by atoms with van der Waals surface area (Å²) < 4.78 is 6.02. The topological polar surface area (TPSA) is 87.6 Å². The maximum Gasteiger partial charge on any atom is 0.243 e. The van der Waals surface area contributed by atoms with E-state index in [-0.39, 0.29) is 47.9 Å². The second-order valence-electron chi connectivity index (χ2n) is 7.66. The van der Waals surface area contributed by atoms with Gasteiger partial charge in [0.05, 0.1) is 24.5 Å². The molecule has 1 amide bonds. The maximum atomic E-state index is 12.0. The van der Waals surface area contributed by atoms with Crippen LogP contribution in [-0.2, 0) is 9.53 Å². The number of carbonyl (C=O) groups excluding carboxylic acids is 1. The van der Waals surface area contributed by atoms with Gasteiger partial charge in [-0.3, -0.25) is 14.8 Å². The Kier molecular flexibility index (Phi) is 10.00. The zero-order valence-corrected chi connectivity index (χ0v) is 18.9. The molecule has 7 nitrogen and oxygen atoms in total. The van der Waals surface area contributed by atoms with Gasteiger partial charge >= 0.3 is 0 Å². The Morgan fingerprint density at radius 3 is 2.78 bits per heavy atom. The molecule has 2 heterocycles. The number of amides is 1. The number of carbonyl (C=O) groups is 1. The van der Waals surface area contributed by atoms with E-state index in [1.807, 2.05) is 0 Å². The fraction of sp³-hybridized carbons (Fsp3) is 0.632. The van der Waals surface area contributed by atoms with Crippen LogP contribution >= 0.6 is 24.0 Å². The summed E-state index contributed by atoms with van der Waals surface area (Å²) in [5.41, 5.74) is 0.780. The standard InChI is InChI=1S/C19H31N5O2.HI/c1-19(2,3)17-14(7-6-10-26-17)11-22-18(20-4)23-13-16(25)24-15-8-5-9-21-12-15;/h5,8-9,12,14,17H,6-7,10-11,13H2,1-4H3,(H,24,25)(H2,20,22,23);1H. The number of hydrogen-bond acceptors (Lipinski definition) is 4. The van der Waals surface area contributed by atoms with Gasteiger partial charge in [0.2, 0.25) is 5.91 Å². The van der Waals surface area contributed by atoms with Crippen LogP contribution in [0, 0.1) is 11.3 Å². The molecule has 152 valence electrons. The smallest absolute Gasteiger partial charge is 0.243 e. The summed E-state index contributed by atoms with van der Waals surface area (Å²) in [6, 6.07) is 3.58. The van der Waals surface area contributed by atoms with Crippen molar-refractivity contribution in [3.8, 4) is 0 Å². The molecule has 0 radical (unpaired) electrons. The van der Waals surface area contributed by atoms with Gasteiger partial charge in [-0.15, -0.1) is 24.0 Å². The minimum Gasteiger partial charge on any atom is -0.377 e. The van der Waals surface area contributed by atoms with Crippen molar-refractivity contribution in [1.29, 1.82) is 0 Å². The molecular formula is C19H32IN5O2. The predicted molar refractivity (Wildman–Crippen MR) is 120 cm³/mol. The van der Waals surface area contributed by atoms with Crippen molar-refractivity contribution in [2.24, 2.45) is 16.3 Å². The van der Waals surface area contributed by atoms with Gasteiger partial charge in [0.1, 0.15) is 0 Å². The first-order valence-corrected chi connectivity index (χ1v) is 9.16. The zero-order chi connectivity index (χ0) is 19.0. The molecule has 0 aliphatic carbocycles. The monoisotopic (exact) mass is 489 g/mol. The highest BCUT2D eigenvalue weighted by atomic mass is 127. The number of nitrogens with one attached hydrogen (secondary N) is 3. The highest BCUT2D eigenvalue weighted by molar-refractivity contribution is 14.0. The molecule has 1 aromatic heterocycles. The summed E-state index contributed by atoms with van der Waals surface area (Å²) in [7, 11) is 1.70. The fourth-order valence-electron chi connectivity index (χ4n) is 3.26. The van der Waals surface area contributed by atoms with E-state index >= 15 is 0 Å². The van der Waals surface area contributed by atoms with Crippen molar-refractivity contribution in [3.63, 3.8) is 0 Å². The molecule has 3 N–H and O–H groups in total. The van der Waals surface area contributed by atoms with Crippen LogP contribution < -0.4 is 16.0 Å². The van der Waals surface area contributed by atoms with E-state index in [2.05, 4.69) is 46.7 Å². The van der Waals surface area contributed by atoms with Crippen molar-refractivity contribution in [3.05, 3.63) is 24.5 Å². The lowest BCUT2D eigenvalue weighted by atomic mass is 9.78. The average molecular weight is 489 g/mol.